The van der Waals surface area contributed by atoms with E-state index >= 15 is 0 Å². The van der Waals surface area contributed by atoms with E-state index in [9.17, 15) is 0 Å². The monoisotopic (exact) mass is 338 g/mol. The Hall–Kier alpha value is -3.73. The summed E-state index contributed by atoms with van der Waals surface area (Å²) >= 11 is 0. The van der Waals surface area contributed by atoms with Crippen molar-refractivity contribution in [2.45, 2.75) is 0 Å². The number of fused-ring (bicyclic) bond motifs is 1. The molecule has 5 nitrogen and oxygen atoms in total. The molecule has 0 saturated heterocycles. The van der Waals surface area contributed by atoms with Crippen LogP contribution >= 0.6 is 0 Å². The summed E-state index contributed by atoms with van der Waals surface area (Å²) in [5, 5.41) is 9.86. The topological polar surface area (TPSA) is 67.6 Å². The molecule has 0 atom stereocenters. The van der Waals surface area contributed by atoms with E-state index in [1.54, 1.807) is 6.26 Å². The molecule has 0 bridgehead atoms. The van der Waals surface area contributed by atoms with Crippen LogP contribution in [0.5, 0.6) is 0 Å². The standard InChI is InChI=1S/C21H14N4O/c1-2-7-14(8-3-1)19-20(16-13-22-17-10-5-4-9-15(16)17)23-21(25-24-19)18-11-6-12-26-18/h1-13,22H. The molecular formula is C21H14N4O. The van der Waals surface area contributed by atoms with Crippen LogP contribution in [-0.2, 0) is 0 Å². The molecule has 2 aromatic carbocycles. The van der Waals surface area contributed by atoms with E-state index in [2.05, 4.69) is 21.2 Å². The molecule has 0 unspecified atom stereocenters. The Kier molecular flexibility index (Phi) is 3.35. The van der Waals surface area contributed by atoms with E-state index in [1.807, 2.05) is 66.9 Å². The third-order valence-corrected chi connectivity index (χ3v) is 4.32. The minimum atomic E-state index is 0.468. The van der Waals surface area contributed by atoms with E-state index < -0.39 is 0 Å². The molecule has 1 N–H and O–H groups in total. The predicted molar refractivity (Wildman–Crippen MR) is 100 cm³/mol. The molecule has 0 aliphatic carbocycles. The van der Waals surface area contributed by atoms with Gasteiger partial charge < -0.3 is 9.40 Å². The van der Waals surface area contributed by atoms with Gasteiger partial charge in [0.05, 0.1) is 6.26 Å². The summed E-state index contributed by atoms with van der Waals surface area (Å²) in [6.07, 6.45) is 3.57. The highest BCUT2D eigenvalue weighted by Crippen LogP contribution is 2.34. The molecule has 0 amide bonds. The molecule has 0 fully saturated rings. The zero-order chi connectivity index (χ0) is 17.3. The van der Waals surface area contributed by atoms with Crippen molar-refractivity contribution in [2.75, 3.05) is 0 Å². The van der Waals surface area contributed by atoms with Crippen LogP contribution in [0.4, 0.5) is 0 Å². The third-order valence-electron chi connectivity index (χ3n) is 4.32. The van der Waals surface area contributed by atoms with Gasteiger partial charge in [-0.25, -0.2) is 4.98 Å². The van der Waals surface area contributed by atoms with Gasteiger partial charge >= 0.3 is 0 Å². The lowest BCUT2D eigenvalue weighted by Crippen LogP contribution is -1.99. The second-order valence-corrected chi connectivity index (χ2v) is 5.92. The molecule has 0 saturated carbocycles. The Labute approximate surface area is 149 Å². The van der Waals surface area contributed by atoms with Crippen molar-refractivity contribution >= 4 is 10.9 Å². The first-order valence-corrected chi connectivity index (χ1v) is 8.30. The first-order valence-electron chi connectivity index (χ1n) is 8.30. The normalized spacial score (nSPS) is 11.1. The maximum absolute atomic E-state index is 5.45. The van der Waals surface area contributed by atoms with Gasteiger partial charge in [-0.15, -0.1) is 10.2 Å². The molecule has 5 heteroatoms. The number of hydrogen-bond donors (Lipinski definition) is 1. The fourth-order valence-electron chi connectivity index (χ4n) is 3.08. The Morgan fingerprint density at radius 3 is 2.46 bits per heavy atom. The van der Waals surface area contributed by atoms with Gasteiger partial charge in [-0.05, 0) is 18.2 Å². The van der Waals surface area contributed by atoms with Crippen molar-refractivity contribution in [3.8, 4) is 34.1 Å². The summed E-state index contributed by atoms with van der Waals surface area (Å²) in [6, 6.07) is 21.8. The molecule has 5 aromatic rings. The summed E-state index contributed by atoms with van der Waals surface area (Å²) in [4.78, 5) is 8.10. The number of hydrogen-bond acceptors (Lipinski definition) is 4. The average Bonchev–Trinajstić information content (AvgIpc) is 3.38. The van der Waals surface area contributed by atoms with E-state index in [1.165, 1.54) is 0 Å². The number of para-hydroxylation sites is 1. The van der Waals surface area contributed by atoms with Crippen LogP contribution in [0.1, 0.15) is 0 Å². The summed E-state index contributed by atoms with van der Waals surface area (Å²) < 4.78 is 5.45. The number of aromatic nitrogens is 4. The van der Waals surface area contributed by atoms with Crippen molar-refractivity contribution < 1.29 is 4.42 Å². The molecule has 0 radical (unpaired) electrons. The number of furan rings is 1. The van der Waals surface area contributed by atoms with Gasteiger partial charge in [-0.3, -0.25) is 0 Å². The largest absolute Gasteiger partial charge is 0.461 e. The van der Waals surface area contributed by atoms with Gasteiger partial charge in [0.15, 0.2) is 5.76 Å². The van der Waals surface area contributed by atoms with Crippen LogP contribution in [0.15, 0.2) is 83.6 Å². The molecule has 0 spiro atoms. The van der Waals surface area contributed by atoms with Crippen molar-refractivity contribution in [1.82, 2.24) is 20.2 Å². The van der Waals surface area contributed by atoms with Crippen LogP contribution in [-0.4, -0.2) is 20.2 Å². The van der Waals surface area contributed by atoms with Gasteiger partial charge in [-0.2, -0.15) is 0 Å². The Morgan fingerprint density at radius 2 is 1.62 bits per heavy atom. The SMILES string of the molecule is c1ccc(-c2nnc(-c3ccco3)nc2-c2c[nH]c3ccccc23)cc1. The number of aromatic amines is 1. The van der Waals surface area contributed by atoms with Gasteiger partial charge in [0.1, 0.15) is 11.4 Å². The van der Waals surface area contributed by atoms with Gasteiger partial charge in [0.2, 0.25) is 5.82 Å². The maximum Gasteiger partial charge on any atom is 0.218 e. The number of nitrogens with zero attached hydrogens (tertiary/aromatic N) is 3. The summed E-state index contributed by atoms with van der Waals surface area (Å²) in [6.45, 7) is 0. The first-order chi connectivity index (χ1) is 12.9. The van der Waals surface area contributed by atoms with Crippen LogP contribution in [0.25, 0.3) is 45.0 Å². The fourth-order valence-corrected chi connectivity index (χ4v) is 3.08. The highest BCUT2D eigenvalue weighted by atomic mass is 16.3. The van der Waals surface area contributed by atoms with Crippen LogP contribution in [0, 0.1) is 0 Å². The van der Waals surface area contributed by atoms with Gasteiger partial charge in [0.25, 0.3) is 0 Å². The second-order valence-electron chi connectivity index (χ2n) is 5.92. The highest BCUT2D eigenvalue weighted by molar-refractivity contribution is 5.97. The van der Waals surface area contributed by atoms with E-state index in [4.69, 9.17) is 9.40 Å². The van der Waals surface area contributed by atoms with Crippen LogP contribution in [0.2, 0.25) is 0 Å². The average molecular weight is 338 g/mol. The number of H-pyrrole nitrogens is 1. The quantitative estimate of drug-likeness (QED) is 0.505. The Bertz CT molecular complexity index is 1180. The number of benzene rings is 2. The smallest absolute Gasteiger partial charge is 0.218 e. The van der Waals surface area contributed by atoms with Crippen molar-refractivity contribution in [3.05, 3.63) is 79.2 Å². The Morgan fingerprint density at radius 1 is 0.769 bits per heavy atom. The molecule has 5 rings (SSSR count). The molecule has 124 valence electrons. The van der Waals surface area contributed by atoms with E-state index in [-0.39, 0.29) is 0 Å². The number of rotatable bonds is 3. The predicted octanol–water partition coefficient (Wildman–Crippen LogP) is 4.95. The van der Waals surface area contributed by atoms with Crippen molar-refractivity contribution in [2.24, 2.45) is 0 Å². The minimum absolute atomic E-state index is 0.468. The summed E-state index contributed by atoms with van der Waals surface area (Å²) in [7, 11) is 0. The van der Waals surface area contributed by atoms with Gasteiger partial charge in [-0.1, -0.05) is 48.5 Å². The Balaban J connectivity index is 1.79. The highest BCUT2D eigenvalue weighted by Gasteiger charge is 2.18. The van der Waals surface area contributed by atoms with E-state index in [0.29, 0.717) is 11.6 Å². The molecule has 3 aromatic heterocycles. The zero-order valence-corrected chi connectivity index (χ0v) is 13.8. The van der Waals surface area contributed by atoms with Gasteiger partial charge in [0, 0.05) is 28.2 Å². The summed E-state index contributed by atoms with van der Waals surface area (Å²) in [5.41, 5.74) is 4.53. The minimum Gasteiger partial charge on any atom is -0.461 e. The summed E-state index contributed by atoms with van der Waals surface area (Å²) in [5.74, 6) is 1.06. The van der Waals surface area contributed by atoms with Crippen molar-refractivity contribution in [1.29, 1.82) is 0 Å². The van der Waals surface area contributed by atoms with Crippen molar-refractivity contribution in [3.63, 3.8) is 0 Å². The zero-order valence-electron chi connectivity index (χ0n) is 13.8. The molecular weight excluding hydrogens is 324 g/mol. The van der Waals surface area contributed by atoms with Crippen LogP contribution < -0.4 is 0 Å². The number of nitrogens with one attached hydrogen (secondary N) is 1. The lowest BCUT2D eigenvalue weighted by Gasteiger charge is -2.08. The molecule has 26 heavy (non-hydrogen) atoms. The van der Waals surface area contributed by atoms with Crippen LogP contribution in [0.3, 0.4) is 0 Å². The molecule has 0 aliphatic rings. The van der Waals surface area contributed by atoms with E-state index in [0.717, 1.165) is 33.4 Å². The lowest BCUT2D eigenvalue weighted by atomic mass is 10.0. The maximum atomic E-state index is 5.45. The molecule has 3 heterocycles. The lowest BCUT2D eigenvalue weighted by molar-refractivity contribution is 0.576. The third kappa shape index (κ3) is 2.38. The first kappa shape index (κ1) is 14.6. The second kappa shape index (κ2) is 5.97. The fraction of sp³-hybridized carbons (Fsp3) is 0. The molecule has 0 aliphatic heterocycles.